The molecule has 0 atom stereocenters. The van der Waals surface area contributed by atoms with Crippen LogP contribution >= 0.6 is 0 Å². The van der Waals surface area contributed by atoms with E-state index in [-0.39, 0.29) is 11.3 Å². The molecule has 0 unspecified atom stereocenters. The first-order valence-corrected chi connectivity index (χ1v) is 9.49. The smallest absolute Gasteiger partial charge is 0.281 e. The van der Waals surface area contributed by atoms with Gasteiger partial charge >= 0.3 is 0 Å². The van der Waals surface area contributed by atoms with E-state index in [0.717, 1.165) is 29.0 Å². The predicted molar refractivity (Wildman–Crippen MR) is 97.7 cm³/mol. The number of aromatic amines is 1. The molecule has 2 aromatic rings. The van der Waals surface area contributed by atoms with Crippen molar-refractivity contribution in [2.75, 3.05) is 0 Å². The fourth-order valence-electron chi connectivity index (χ4n) is 5.82. The molecule has 2 aromatic heterocycles. The van der Waals surface area contributed by atoms with Crippen molar-refractivity contribution < 1.29 is 4.79 Å². The number of rotatable bonds is 4. The Bertz CT molecular complexity index is 806. The van der Waals surface area contributed by atoms with Crippen LogP contribution < -0.4 is 5.43 Å². The highest BCUT2D eigenvalue weighted by Crippen LogP contribution is 2.60. The maximum atomic E-state index is 12.4. The highest BCUT2D eigenvalue weighted by atomic mass is 16.2. The number of hydrogen-bond acceptors (Lipinski definition) is 4. The van der Waals surface area contributed by atoms with Crippen LogP contribution in [0.4, 0.5) is 0 Å². The Morgan fingerprint density at radius 2 is 1.81 bits per heavy atom. The molecule has 1 amide bonds. The van der Waals surface area contributed by atoms with Gasteiger partial charge in [0.15, 0.2) is 5.69 Å². The molecule has 4 fully saturated rings. The third-order valence-electron chi connectivity index (χ3n) is 6.51. The number of aromatic nitrogens is 3. The van der Waals surface area contributed by atoms with E-state index < -0.39 is 0 Å². The van der Waals surface area contributed by atoms with Crippen molar-refractivity contribution in [1.29, 1.82) is 0 Å². The van der Waals surface area contributed by atoms with Gasteiger partial charge in [-0.15, -0.1) is 0 Å². The summed E-state index contributed by atoms with van der Waals surface area (Å²) in [5.74, 6) is 2.33. The molecule has 4 bridgehead atoms. The normalized spacial score (nSPS) is 32.2. The van der Waals surface area contributed by atoms with Crippen molar-refractivity contribution in [3.63, 3.8) is 0 Å². The number of carbonyl (C=O) groups excluding carboxylic acids is 1. The van der Waals surface area contributed by atoms with E-state index in [9.17, 15) is 4.79 Å². The lowest BCUT2D eigenvalue weighted by molar-refractivity contribution is -0.00721. The van der Waals surface area contributed by atoms with Crippen molar-refractivity contribution in [1.82, 2.24) is 20.6 Å². The number of carbonyl (C=O) groups is 1. The minimum absolute atomic E-state index is 0.223. The van der Waals surface area contributed by atoms with E-state index in [1.165, 1.54) is 38.5 Å². The maximum Gasteiger partial charge on any atom is 0.291 e. The zero-order valence-electron chi connectivity index (χ0n) is 14.7. The molecule has 6 rings (SSSR count). The van der Waals surface area contributed by atoms with Gasteiger partial charge in [-0.2, -0.15) is 10.2 Å². The number of pyridine rings is 1. The summed E-state index contributed by atoms with van der Waals surface area (Å²) in [4.78, 5) is 16.3. The number of hydrazone groups is 1. The van der Waals surface area contributed by atoms with Crippen molar-refractivity contribution >= 4 is 12.1 Å². The van der Waals surface area contributed by atoms with Crippen LogP contribution in [0, 0.1) is 17.8 Å². The van der Waals surface area contributed by atoms with Crippen LogP contribution in [-0.4, -0.2) is 27.3 Å². The number of nitrogens with zero attached hydrogens (tertiary/aromatic N) is 3. The second-order valence-electron chi connectivity index (χ2n) is 8.34. The van der Waals surface area contributed by atoms with Crippen LogP contribution in [0.2, 0.25) is 0 Å². The number of nitrogens with one attached hydrogen (secondary N) is 2. The summed E-state index contributed by atoms with van der Waals surface area (Å²) in [5, 5.41) is 11.5. The zero-order chi connectivity index (χ0) is 17.6. The van der Waals surface area contributed by atoms with Crippen LogP contribution in [0.25, 0.3) is 0 Å². The summed E-state index contributed by atoms with van der Waals surface area (Å²) in [5.41, 5.74) is 5.24. The molecule has 2 heterocycles. The van der Waals surface area contributed by atoms with Crippen molar-refractivity contribution in [3.05, 3.63) is 47.5 Å². The van der Waals surface area contributed by atoms with Gasteiger partial charge in [0.2, 0.25) is 0 Å². The molecule has 0 spiro atoms. The Balaban J connectivity index is 1.29. The summed E-state index contributed by atoms with van der Waals surface area (Å²) in [7, 11) is 0. The summed E-state index contributed by atoms with van der Waals surface area (Å²) in [6.45, 7) is 0. The highest BCUT2D eigenvalue weighted by Gasteiger charge is 2.52. The van der Waals surface area contributed by atoms with Gasteiger partial charge in [-0.1, -0.05) is 0 Å². The van der Waals surface area contributed by atoms with Gasteiger partial charge in [0.1, 0.15) is 0 Å². The molecule has 26 heavy (non-hydrogen) atoms. The molecule has 2 N–H and O–H groups in total. The quantitative estimate of drug-likeness (QED) is 0.657. The number of H-pyrrole nitrogens is 1. The van der Waals surface area contributed by atoms with Gasteiger partial charge in [0.05, 0.1) is 6.21 Å². The summed E-state index contributed by atoms with van der Waals surface area (Å²) in [6, 6.07) is 5.61. The Morgan fingerprint density at radius 3 is 2.46 bits per heavy atom. The second-order valence-corrected chi connectivity index (χ2v) is 8.34. The second kappa shape index (κ2) is 6.04. The average Bonchev–Trinajstić information content (AvgIpc) is 3.13. The SMILES string of the molecule is O=C(N/N=C/c1ccncc1)c1cc(C23CC4CC(CC(C4)C2)C3)[nH]n1. The molecule has 6 heteroatoms. The first-order chi connectivity index (χ1) is 12.7. The molecule has 4 aliphatic carbocycles. The topological polar surface area (TPSA) is 83.0 Å². The van der Waals surface area contributed by atoms with Gasteiger partial charge < -0.3 is 0 Å². The van der Waals surface area contributed by atoms with Crippen molar-refractivity contribution in [3.8, 4) is 0 Å². The first kappa shape index (κ1) is 15.7. The van der Waals surface area contributed by atoms with Crippen LogP contribution in [-0.2, 0) is 5.41 Å². The molecule has 4 saturated carbocycles. The van der Waals surface area contributed by atoms with Crippen molar-refractivity contribution in [2.24, 2.45) is 22.9 Å². The van der Waals surface area contributed by atoms with Crippen molar-refractivity contribution in [2.45, 2.75) is 43.9 Å². The largest absolute Gasteiger partial charge is 0.291 e. The number of amides is 1. The number of hydrogen-bond donors (Lipinski definition) is 2. The first-order valence-electron chi connectivity index (χ1n) is 9.49. The van der Waals surface area contributed by atoms with Crippen LogP contribution in [0.1, 0.15) is 60.3 Å². The maximum absolute atomic E-state index is 12.4. The zero-order valence-corrected chi connectivity index (χ0v) is 14.7. The molecular weight excluding hydrogens is 326 g/mol. The molecule has 0 aliphatic heterocycles. The van der Waals surface area contributed by atoms with E-state index in [0.29, 0.717) is 5.69 Å². The third-order valence-corrected chi connectivity index (χ3v) is 6.51. The summed E-state index contributed by atoms with van der Waals surface area (Å²) in [6.07, 6.45) is 13.0. The van der Waals surface area contributed by atoms with Gasteiger partial charge in [0, 0.05) is 23.5 Å². The Morgan fingerprint density at radius 1 is 1.15 bits per heavy atom. The molecule has 0 saturated heterocycles. The molecule has 0 aromatic carbocycles. The van der Waals surface area contributed by atoms with E-state index in [2.05, 4.69) is 25.7 Å². The summed E-state index contributed by atoms with van der Waals surface area (Å²) < 4.78 is 0. The average molecular weight is 349 g/mol. The van der Waals surface area contributed by atoms with Crippen LogP contribution in [0.3, 0.4) is 0 Å². The Kier molecular flexibility index (Phi) is 3.65. The van der Waals surface area contributed by atoms with E-state index >= 15 is 0 Å². The molecule has 6 nitrogen and oxygen atoms in total. The molecule has 134 valence electrons. The minimum Gasteiger partial charge on any atom is -0.281 e. The van der Waals surface area contributed by atoms with E-state index in [1.807, 2.05) is 18.2 Å². The highest BCUT2D eigenvalue weighted by molar-refractivity contribution is 5.93. The predicted octanol–water partition coefficient (Wildman–Crippen LogP) is 3.04. The van der Waals surface area contributed by atoms with Crippen LogP contribution in [0.15, 0.2) is 35.7 Å². The van der Waals surface area contributed by atoms with Gasteiger partial charge in [-0.3, -0.25) is 14.9 Å². The molecule has 4 aliphatic rings. The fourth-order valence-corrected chi connectivity index (χ4v) is 5.82. The summed E-state index contributed by atoms with van der Waals surface area (Å²) >= 11 is 0. The van der Waals surface area contributed by atoms with E-state index in [4.69, 9.17) is 0 Å². The Labute approximate surface area is 152 Å². The van der Waals surface area contributed by atoms with Gasteiger partial charge in [-0.25, -0.2) is 5.43 Å². The lowest BCUT2D eigenvalue weighted by Crippen LogP contribution is -2.48. The minimum atomic E-state index is -0.275. The molecule has 0 radical (unpaired) electrons. The lowest BCUT2D eigenvalue weighted by Gasteiger charge is -2.56. The van der Waals surface area contributed by atoms with Crippen LogP contribution in [0.5, 0.6) is 0 Å². The lowest BCUT2D eigenvalue weighted by atomic mass is 9.49. The van der Waals surface area contributed by atoms with Gasteiger partial charge in [0.25, 0.3) is 5.91 Å². The molecular formula is C20H23N5O. The standard InChI is InChI=1S/C20H23N5O/c26-19(25-22-12-13-1-3-21-4-2-13)17-8-18(24-23-17)20-9-14-5-15(10-20)7-16(6-14)11-20/h1-4,8,12,14-16H,5-7,9-11H2,(H,23,24)(H,25,26)/b22-12+. The van der Waals surface area contributed by atoms with Gasteiger partial charge in [-0.05, 0) is 80.0 Å². The fraction of sp³-hybridized carbons (Fsp3) is 0.500. The monoisotopic (exact) mass is 349 g/mol. The third kappa shape index (κ3) is 2.73. The Hall–Kier alpha value is -2.50. The van der Waals surface area contributed by atoms with E-state index in [1.54, 1.807) is 18.6 Å².